The van der Waals surface area contributed by atoms with Crippen molar-refractivity contribution in [2.45, 2.75) is 0 Å². The van der Waals surface area contributed by atoms with Crippen LogP contribution in [0, 0.1) is 0 Å². The predicted octanol–water partition coefficient (Wildman–Crippen LogP) is 4.90. The molecule has 0 spiro atoms. The van der Waals surface area contributed by atoms with E-state index in [0.29, 0.717) is 23.2 Å². The van der Waals surface area contributed by atoms with Gasteiger partial charge in [-0.25, -0.2) is 0 Å². The van der Waals surface area contributed by atoms with Gasteiger partial charge in [0.25, 0.3) is 0 Å². The maximum absolute atomic E-state index is 6.32. The Kier molecular flexibility index (Phi) is 4.67. The predicted molar refractivity (Wildman–Crippen MR) is 122 cm³/mol. The van der Waals surface area contributed by atoms with Crippen LogP contribution in [0.2, 0.25) is 0 Å². The van der Waals surface area contributed by atoms with Gasteiger partial charge < -0.3 is 19.2 Å². The average Bonchev–Trinajstić information content (AvgIpc) is 3.43. The fourth-order valence-corrected chi connectivity index (χ4v) is 3.92. The average molecular weight is 411 g/mol. The van der Waals surface area contributed by atoms with E-state index in [1.807, 2.05) is 36.5 Å². The van der Waals surface area contributed by atoms with Crippen LogP contribution < -0.4 is 9.47 Å². The van der Waals surface area contributed by atoms with Crippen LogP contribution in [-0.2, 0) is 4.74 Å². The van der Waals surface area contributed by atoms with Crippen molar-refractivity contribution in [3.05, 3.63) is 89.4 Å². The van der Waals surface area contributed by atoms with Gasteiger partial charge in [0.2, 0.25) is 5.90 Å². The van der Waals surface area contributed by atoms with Crippen LogP contribution in [-0.4, -0.2) is 37.1 Å². The summed E-state index contributed by atoms with van der Waals surface area (Å²) in [7, 11) is 4.95. The van der Waals surface area contributed by atoms with E-state index in [2.05, 4.69) is 39.2 Å². The number of aromatic amines is 1. The molecule has 0 atom stereocenters. The van der Waals surface area contributed by atoms with E-state index >= 15 is 0 Å². The number of benzene rings is 2. The second kappa shape index (κ2) is 7.65. The Hall–Kier alpha value is -4.06. The fourth-order valence-electron chi connectivity index (χ4n) is 3.92. The van der Waals surface area contributed by atoms with Gasteiger partial charge in [-0.3, -0.25) is 9.98 Å². The van der Waals surface area contributed by atoms with E-state index < -0.39 is 0 Å². The molecule has 1 aliphatic rings. The molecular formula is C25H21N3O3. The molecule has 0 radical (unpaired) electrons. The van der Waals surface area contributed by atoms with Gasteiger partial charge in [-0.05, 0) is 53.4 Å². The Morgan fingerprint density at radius 1 is 0.968 bits per heavy atom. The number of nitrogens with one attached hydrogen (secondary N) is 1. The fraction of sp³-hybridized carbons (Fsp3) is 0.120. The van der Waals surface area contributed by atoms with Crippen molar-refractivity contribution in [1.29, 1.82) is 0 Å². The molecule has 31 heavy (non-hydrogen) atoms. The number of ether oxygens (including phenoxy) is 3. The molecule has 1 N–H and O–H groups in total. The van der Waals surface area contributed by atoms with Gasteiger partial charge in [-0.1, -0.05) is 12.1 Å². The molecule has 0 aliphatic carbocycles. The highest BCUT2D eigenvalue weighted by Gasteiger charge is 2.31. The number of methoxy groups -OCH3 is 2. The number of aliphatic imine (C=N–C) groups is 1. The smallest absolute Gasteiger partial charge is 0.222 e. The topological polar surface area (TPSA) is 68.7 Å². The summed E-state index contributed by atoms with van der Waals surface area (Å²) in [5.74, 6) is 2.47. The normalized spacial score (nSPS) is 15.6. The molecular weight excluding hydrogens is 390 g/mol. The lowest BCUT2D eigenvalue weighted by atomic mass is 9.95. The summed E-state index contributed by atoms with van der Waals surface area (Å²) in [6.07, 6.45) is 3.71. The highest BCUT2D eigenvalue weighted by molar-refractivity contribution is 6.13. The van der Waals surface area contributed by atoms with Gasteiger partial charge in [0, 0.05) is 30.5 Å². The quantitative estimate of drug-likeness (QED) is 0.518. The highest BCUT2D eigenvalue weighted by Crippen LogP contribution is 2.43. The summed E-state index contributed by atoms with van der Waals surface area (Å²) in [5, 5.41) is 1.11. The summed E-state index contributed by atoms with van der Waals surface area (Å²) in [6.45, 7) is 0. The first-order valence-electron chi connectivity index (χ1n) is 9.88. The maximum atomic E-state index is 6.32. The first kappa shape index (κ1) is 18.9. The number of H-pyrrole nitrogens is 1. The number of nitrogens with zero attached hydrogens (tertiary/aromatic N) is 2. The molecule has 2 aromatic carbocycles. The van der Waals surface area contributed by atoms with Crippen LogP contribution in [0.3, 0.4) is 0 Å². The van der Waals surface area contributed by atoms with E-state index in [4.69, 9.17) is 14.2 Å². The Morgan fingerprint density at radius 2 is 1.77 bits per heavy atom. The minimum atomic E-state index is 0.530. The molecule has 6 heteroatoms. The molecule has 3 heterocycles. The number of hydrogen-bond donors (Lipinski definition) is 1. The summed E-state index contributed by atoms with van der Waals surface area (Å²) >= 11 is 0. The van der Waals surface area contributed by atoms with Crippen molar-refractivity contribution >= 4 is 28.1 Å². The first-order valence-corrected chi connectivity index (χ1v) is 9.88. The summed E-state index contributed by atoms with van der Waals surface area (Å²) < 4.78 is 17.4. The number of rotatable bonds is 4. The van der Waals surface area contributed by atoms with E-state index in [-0.39, 0.29) is 0 Å². The van der Waals surface area contributed by atoms with Gasteiger partial charge in [-0.2, -0.15) is 0 Å². The van der Waals surface area contributed by atoms with Crippen LogP contribution in [0.4, 0.5) is 0 Å². The summed E-state index contributed by atoms with van der Waals surface area (Å²) in [5.41, 5.74) is 5.50. The van der Waals surface area contributed by atoms with Crippen molar-refractivity contribution in [3.63, 3.8) is 0 Å². The molecule has 0 bridgehead atoms. The molecule has 1 aliphatic heterocycles. The zero-order chi connectivity index (χ0) is 21.4. The lowest BCUT2D eigenvalue weighted by Gasteiger charge is -2.13. The van der Waals surface area contributed by atoms with E-state index in [1.54, 1.807) is 27.5 Å². The number of fused-ring (bicyclic) bond motifs is 2. The van der Waals surface area contributed by atoms with Crippen LogP contribution in [0.15, 0.2) is 72.0 Å². The second-order valence-corrected chi connectivity index (χ2v) is 7.08. The SMILES string of the molecule is CN=C1O/C(=C(/c2ccc3[nH]ccc3c2)c2ccccn2)c2cc(OC)c(OC)cc21. The van der Waals surface area contributed by atoms with Gasteiger partial charge >= 0.3 is 0 Å². The molecule has 0 saturated heterocycles. The van der Waals surface area contributed by atoms with Gasteiger partial charge in [0.1, 0.15) is 5.76 Å². The largest absolute Gasteiger partial charge is 0.493 e. The third-order valence-corrected chi connectivity index (χ3v) is 5.39. The first-order chi connectivity index (χ1) is 15.2. The van der Waals surface area contributed by atoms with Gasteiger partial charge in [0.15, 0.2) is 11.5 Å². The van der Waals surface area contributed by atoms with Gasteiger partial charge in [-0.15, -0.1) is 0 Å². The molecule has 0 unspecified atom stereocenters. The Labute approximate surface area is 179 Å². The van der Waals surface area contributed by atoms with Gasteiger partial charge in [0.05, 0.1) is 31.1 Å². The highest BCUT2D eigenvalue weighted by atomic mass is 16.5. The molecule has 6 nitrogen and oxygen atoms in total. The van der Waals surface area contributed by atoms with Crippen LogP contribution in [0.5, 0.6) is 11.5 Å². The minimum Gasteiger partial charge on any atom is -0.493 e. The number of pyridine rings is 1. The Morgan fingerprint density at radius 3 is 2.48 bits per heavy atom. The summed E-state index contributed by atoms with van der Waals surface area (Å²) in [4.78, 5) is 12.2. The Bertz CT molecular complexity index is 1340. The molecule has 0 fully saturated rings. The van der Waals surface area contributed by atoms with Crippen molar-refractivity contribution in [2.75, 3.05) is 21.3 Å². The molecule has 0 saturated carbocycles. The monoisotopic (exact) mass is 411 g/mol. The maximum Gasteiger partial charge on any atom is 0.222 e. The van der Waals surface area contributed by atoms with Crippen LogP contribution in [0.25, 0.3) is 22.2 Å². The van der Waals surface area contributed by atoms with Crippen LogP contribution >= 0.6 is 0 Å². The third kappa shape index (κ3) is 3.13. The molecule has 5 rings (SSSR count). The van der Waals surface area contributed by atoms with E-state index in [1.165, 1.54) is 0 Å². The third-order valence-electron chi connectivity index (χ3n) is 5.39. The molecule has 154 valence electrons. The van der Waals surface area contributed by atoms with Crippen molar-refractivity contribution in [3.8, 4) is 11.5 Å². The number of hydrogen-bond acceptors (Lipinski definition) is 5. The zero-order valence-corrected chi connectivity index (χ0v) is 17.5. The molecule has 2 aromatic heterocycles. The van der Waals surface area contributed by atoms with Crippen molar-refractivity contribution in [1.82, 2.24) is 9.97 Å². The van der Waals surface area contributed by atoms with Crippen molar-refractivity contribution in [2.24, 2.45) is 4.99 Å². The summed E-state index contributed by atoms with van der Waals surface area (Å²) in [6, 6.07) is 18.0. The molecule has 4 aromatic rings. The zero-order valence-electron chi connectivity index (χ0n) is 17.5. The molecule has 0 amide bonds. The van der Waals surface area contributed by atoms with E-state index in [9.17, 15) is 0 Å². The lowest BCUT2D eigenvalue weighted by molar-refractivity contribution is 0.355. The lowest BCUT2D eigenvalue weighted by Crippen LogP contribution is -1.99. The standard InChI is InChI=1S/C25H21N3O3/c1-26-25-18-14-22(30-3)21(29-2)13-17(18)24(31-25)23(20-6-4-5-10-27-20)16-7-8-19-15(12-16)9-11-28-19/h4-14,28H,1-3H3/b24-23-,26-25?. The number of aromatic nitrogens is 2. The second-order valence-electron chi connectivity index (χ2n) is 7.08. The van der Waals surface area contributed by atoms with Crippen molar-refractivity contribution < 1.29 is 14.2 Å². The van der Waals surface area contributed by atoms with E-state index in [0.717, 1.165) is 38.9 Å². The Balaban J connectivity index is 1.83. The minimum absolute atomic E-state index is 0.530. The van der Waals surface area contributed by atoms with Crippen LogP contribution in [0.1, 0.15) is 22.4 Å².